The normalized spacial score (nSPS) is 12.1. The lowest BCUT2D eigenvalue weighted by Gasteiger charge is -2.23. The van der Waals surface area contributed by atoms with Gasteiger partial charge in [0.15, 0.2) is 5.69 Å². The van der Waals surface area contributed by atoms with E-state index in [4.69, 9.17) is 4.74 Å². The van der Waals surface area contributed by atoms with Crippen LogP contribution in [0.2, 0.25) is 0 Å². The van der Waals surface area contributed by atoms with E-state index in [1.54, 1.807) is 6.92 Å². The summed E-state index contributed by atoms with van der Waals surface area (Å²) in [4.78, 5) is 23.7. The number of aromatic carboxylic acids is 1. The third kappa shape index (κ3) is 6.57. The number of nitrogens with one attached hydrogen (secondary N) is 2. The first-order chi connectivity index (χ1) is 15.7. The molecule has 0 radical (unpaired) electrons. The van der Waals surface area contributed by atoms with Crippen LogP contribution in [-0.2, 0) is 20.4 Å². The Kier molecular flexibility index (Phi) is 8.49. The Morgan fingerprint density at radius 1 is 1.24 bits per heavy atom. The topological polar surface area (TPSA) is 140 Å². The van der Waals surface area contributed by atoms with Crippen molar-refractivity contribution in [3.05, 3.63) is 29.5 Å². The summed E-state index contributed by atoms with van der Waals surface area (Å²) in [6.45, 7) is 12.9. The number of ether oxygens (including phenoxy) is 1. The maximum Gasteiger partial charge on any atom is 0.356 e. The van der Waals surface area contributed by atoms with Gasteiger partial charge in [-0.1, -0.05) is 20.8 Å². The van der Waals surface area contributed by atoms with Crippen LogP contribution in [0.15, 0.2) is 23.1 Å². The van der Waals surface area contributed by atoms with E-state index in [2.05, 4.69) is 15.1 Å². The van der Waals surface area contributed by atoms with E-state index in [-0.39, 0.29) is 52.6 Å². The quantitative estimate of drug-likeness (QED) is 0.451. The Morgan fingerprint density at radius 2 is 1.88 bits per heavy atom. The first-order valence-electron chi connectivity index (χ1n) is 11.1. The molecule has 2 aromatic rings. The molecular formula is C23H34N4O6S. The molecule has 34 heavy (non-hydrogen) atoms. The zero-order valence-corrected chi connectivity index (χ0v) is 21.5. The number of carbonyl (C=O) groups excluding carboxylic acids is 1. The molecule has 1 heterocycles. The van der Waals surface area contributed by atoms with E-state index in [9.17, 15) is 23.1 Å². The number of amides is 1. The van der Waals surface area contributed by atoms with Gasteiger partial charge in [0, 0.05) is 24.2 Å². The number of carbonyl (C=O) groups is 2. The molecule has 0 saturated carbocycles. The molecule has 0 unspecified atom stereocenters. The standard InChI is InChI=1S/C23H34N4O6S/c1-8-11-24-34(31,32)18-13-16(25-19(28)12-14(2)3)9-10-17(18)33-21-15(4)20(22(29)30)26-27(21)23(5,6)7/h9-10,13-14,24H,8,11-12H2,1-7H3,(H,25,28)(H,29,30). The molecule has 188 valence electrons. The Balaban J connectivity index is 2.61. The van der Waals surface area contributed by atoms with Crippen molar-refractivity contribution in [2.75, 3.05) is 11.9 Å². The number of anilines is 1. The summed E-state index contributed by atoms with van der Waals surface area (Å²) >= 11 is 0. The fourth-order valence-corrected chi connectivity index (χ4v) is 4.42. The number of hydrogen-bond donors (Lipinski definition) is 3. The van der Waals surface area contributed by atoms with E-state index < -0.39 is 21.5 Å². The highest BCUT2D eigenvalue weighted by molar-refractivity contribution is 7.89. The van der Waals surface area contributed by atoms with Crippen LogP contribution >= 0.6 is 0 Å². The highest BCUT2D eigenvalue weighted by Gasteiger charge is 2.29. The molecule has 0 aliphatic heterocycles. The van der Waals surface area contributed by atoms with E-state index in [1.807, 2.05) is 41.5 Å². The number of aromatic nitrogens is 2. The smallest absolute Gasteiger partial charge is 0.356 e. The number of hydrogen-bond acceptors (Lipinski definition) is 6. The second kappa shape index (κ2) is 10.6. The van der Waals surface area contributed by atoms with Crippen LogP contribution in [0.1, 0.15) is 70.4 Å². The predicted molar refractivity (Wildman–Crippen MR) is 129 cm³/mol. The third-order valence-electron chi connectivity index (χ3n) is 4.77. The van der Waals surface area contributed by atoms with E-state index in [0.29, 0.717) is 12.1 Å². The van der Waals surface area contributed by atoms with Gasteiger partial charge < -0.3 is 15.2 Å². The van der Waals surface area contributed by atoms with Crippen LogP contribution in [0.4, 0.5) is 5.69 Å². The summed E-state index contributed by atoms with van der Waals surface area (Å²) < 4.78 is 36.1. The van der Waals surface area contributed by atoms with Crippen LogP contribution in [0, 0.1) is 12.8 Å². The highest BCUT2D eigenvalue weighted by Crippen LogP contribution is 2.36. The number of carboxylic acid groups (broad SMARTS) is 1. The molecule has 1 amide bonds. The van der Waals surface area contributed by atoms with Gasteiger partial charge in [-0.25, -0.2) is 22.6 Å². The molecule has 10 nitrogen and oxygen atoms in total. The van der Waals surface area contributed by atoms with Crippen molar-refractivity contribution in [2.45, 2.75) is 71.7 Å². The summed E-state index contributed by atoms with van der Waals surface area (Å²) in [5, 5.41) is 16.4. The average Bonchev–Trinajstić information content (AvgIpc) is 3.03. The minimum Gasteiger partial charge on any atom is -0.476 e. The van der Waals surface area contributed by atoms with Gasteiger partial charge in [-0.2, -0.15) is 5.10 Å². The summed E-state index contributed by atoms with van der Waals surface area (Å²) in [5.41, 5.74) is -0.252. The Morgan fingerprint density at radius 3 is 2.41 bits per heavy atom. The van der Waals surface area contributed by atoms with Crippen LogP contribution in [0.3, 0.4) is 0 Å². The van der Waals surface area contributed by atoms with E-state index in [0.717, 1.165) is 0 Å². The Hall–Kier alpha value is -2.92. The Bertz CT molecular complexity index is 1160. The summed E-state index contributed by atoms with van der Waals surface area (Å²) in [7, 11) is -4.00. The molecular weight excluding hydrogens is 460 g/mol. The van der Waals surface area contributed by atoms with E-state index in [1.165, 1.54) is 22.9 Å². The molecule has 0 saturated heterocycles. The zero-order valence-electron chi connectivity index (χ0n) is 20.7. The highest BCUT2D eigenvalue weighted by atomic mass is 32.2. The van der Waals surface area contributed by atoms with Crippen LogP contribution < -0.4 is 14.8 Å². The SMILES string of the molecule is CCCNS(=O)(=O)c1cc(NC(=O)CC(C)C)ccc1Oc1c(C)c(C(=O)O)nn1C(C)(C)C. The molecule has 0 spiro atoms. The van der Waals surface area contributed by atoms with E-state index >= 15 is 0 Å². The first kappa shape index (κ1) is 27.3. The molecule has 0 fully saturated rings. The summed E-state index contributed by atoms with van der Waals surface area (Å²) in [6.07, 6.45) is 0.870. The first-order valence-corrected chi connectivity index (χ1v) is 12.6. The van der Waals surface area contributed by atoms with Crippen molar-refractivity contribution in [1.29, 1.82) is 0 Å². The van der Waals surface area contributed by atoms with Gasteiger partial charge in [-0.05, 0) is 58.2 Å². The van der Waals surface area contributed by atoms with Gasteiger partial charge in [0.25, 0.3) is 0 Å². The van der Waals surface area contributed by atoms with Crippen molar-refractivity contribution in [1.82, 2.24) is 14.5 Å². The van der Waals surface area contributed by atoms with Crippen LogP contribution in [0.25, 0.3) is 0 Å². The number of nitrogens with zero attached hydrogens (tertiary/aromatic N) is 2. The fourth-order valence-electron chi connectivity index (χ4n) is 3.14. The lowest BCUT2D eigenvalue weighted by atomic mass is 10.1. The predicted octanol–water partition coefficient (Wildman–Crippen LogP) is 4.11. The molecule has 11 heteroatoms. The zero-order chi connectivity index (χ0) is 25.8. The van der Waals surface area contributed by atoms with Crippen LogP contribution in [0.5, 0.6) is 11.6 Å². The monoisotopic (exact) mass is 494 g/mol. The van der Waals surface area contributed by atoms with Gasteiger partial charge >= 0.3 is 5.97 Å². The van der Waals surface area contributed by atoms with Gasteiger partial charge in [0.2, 0.25) is 21.8 Å². The van der Waals surface area contributed by atoms with Crippen molar-refractivity contribution >= 4 is 27.6 Å². The second-order valence-electron chi connectivity index (χ2n) is 9.47. The van der Waals surface area contributed by atoms with Gasteiger partial charge in [-0.3, -0.25) is 4.79 Å². The van der Waals surface area contributed by atoms with Crippen LogP contribution in [-0.4, -0.2) is 41.7 Å². The fraction of sp³-hybridized carbons (Fsp3) is 0.522. The maximum atomic E-state index is 13.1. The number of rotatable bonds is 10. The number of benzene rings is 1. The molecule has 0 bridgehead atoms. The average molecular weight is 495 g/mol. The second-order valence-corrected chi connectivity index (χ2v) is 11.2. The molecule has 2 rings (SSSR count). The lowest BCUT2D eigenvalue weighted by molar-refractivity contribution is -0.116. The van der Waals surface area contributed by atoms with Crippen molar-refractivity contribution in [3.63, 3.8) is 0 Å². The van der Waals surface area contributed by atoms with Gasteiger partial charge in [0.1, 0.15) is 10.6 Å². The minimum atomic E-state index is -4.00. The lowest BCUT2D eigenvalue weighted by Crippen LogP contribution is -2.26. The number of sulfonamides is 1. The Labute approximate surface area is 200 Å². The molecule has 3 N–H and O–H groups in total. The molecule has 0 aliphatic carbocycles. The molecule has 0 aliphatic rings. The summed E-state index contributed by atoms with van der Waals surface area (Å²) in [5.74, 6) is -1.21. The number of carboxylic acids is 1. The van der Waals surface area contributed by atoms with Gasteiger partial charge in [0.05, 0.1) is 5.54 Å². The maximum absolute atomic E-state index is 13.1. The largest absolute Gasteiger partial charge is 0.476 e. The van der Waals surface area contributed by atoms with Crippen molar-refractivity contribution in [3.8, 4) is 11.6 Å². The van der Waals surface area contributed by atoms with Crippen molar-refractivity contribution < 1.29 is 27.9 Å². The molecule has 0 atom stereocenters. The van der Waals surface area contributed by atoms with Gasteiger partial charge in [-0.15, -0.1) is 0 Å². The molecule has 1 aromatic heterocycles. The minimum absolute atomic E-state index is 0.0177. The van der Waals surface area contributed by atoms with Crippen molar-refractivity contribution in [2.24, 2.45) is 5.92 Å². The molecule has 1 aromatic carbocycles. The third-order valence-corrected chi connectivity index (χ3v) is 6.25. The summed E-state index contributed by atoms with van der Waals surface area (Å²) in [6, 6.07) is 4.31.